The zero-order chi connectivity index (χ0) is 20.8. The van der Waals surface area contributed by atoms with Gasteiger partial charge in [-0.2, -0.15) is 12.8 Å². The van der Waals surface area contributed by atoms with Gasteiger partial charge in [-0.25, -0.2) is 9.18 Å². The zero-order valence-corrected chi connectivity index (χ0v) is 21.2. The summed E-state index contributed by atoms with van der Waals surface area (Å²) in [5.41, 5.74) is 0.254. The molecule has 1 N–H and O–H groups in total. The van der Waals surface area contributed by atoms with E-state index in [1.807, 2.05) is 51.2 Å². The molecule has 0 saturated carbocycles. The predicted molar refractivity (Wildman–Crippen MR) is 122 cm³/mol. The Morgan fingerprint density at radius 2 is 1.64 bits per heavy atom. The number of carbonyl (C=O) groups excluding carboxylic acids is 1. The highest BCUT2D eigenvalue weighted by Crippen LogP contribution is 2.39. The summed E-state index contributed by atoms with van der Waals surface area (Å²) >= 11 is 6.04. The van der Waals surface area contributed by atoms with Crippen molar-refractivity contribution in [3.63, 3.8) is 0 Å². The number of hydrogen-bond donors (Lipinski definition) is 1. The molecule has 3 rings (SSSR count). The molecule has 0 amide bonds. The maximum atomic E-state index is 14.7. The van der Waals surface area contributed by atoms with Crippen molar-refractivity contribution in [2.45, 2.75) is 30.6 Å². The normalized spacial score (nSPS) is 13.9. The molecule has 0 fully saturated rings. The Balaban J connectivity index is 2.16. The van der Waals surface area contributed by atoms with Crippen LogP contribution in [0.25, 0.3) is 0 Å². The van der Waals surface area contributed by atoms with Crippen molar-refractivity contribution < 1.29 is 31.3 Å². The van der Waals surface area contributed by atoms with E-state index >= 15 is 0 Å². The lowest BCUT2D eigenvalue weighted by Gasteiger charge is -2.22. The van der Waals surface area contributed by atoms with Gasteiger partial charge >= 0.3 is 5.97 Å². The lowest BCUT2D eigenvalue weighted by Crippen LogP contribution is -2.20. The first-order valence-electron chi connectivity index (χ1n) is 7.89. The number of halogens is 5. The van der Waals surface area contributed by atoms with Crippen molar-refractivity contribution >= 4 is 83.9 Å². The Labute approximate surface area is 200 Å². The van der Waals surface area contributed by atoms with E-state index in [0.717, 1.165) is 7.14 Å². The minimum Gasteiger partial charge on any atom is -0.419 e. The lowest BCUT2D eigenvalue weighted by molar-refractivity contribution is 0.0722. The van der Waals surface area contributed by atoms with Gasteiger partial charge in [-0.1, -0.05) is 0 Å². The van der Waals surface area contributed by atoms with E-state index in [1.54, 1.807) is 6.07 Å². The minimum absolute atomic E-state index is 0.0395. The van der Waals surface area contributed by atoms with Crippen LogP contribution >= 0.6 is 67.8 Å². The minimum atomic E-state index is -4.97. The third-order valence-electron chi connectivity index (χ3n) is 4.27. The second-order valence-electron chi connectivity index (χ2n) is 6.06. The quantitative estimate of drug-likeness (QED) is 0.155. The van der Waals surface area contributed by atoms with Gasteiger partial charge in [0.25, 0.3) is 10.1 Å². The first kappa shape index (κ1) is 22.6. The van der Waals surface area contributed by atoms with Crippen molar-refractivity contribution in [3.8, 4) is 5.75 Å². The summed E-state index contributed by atoms with van der Waals surface area (Å²) in [6.07, 6.45) is 1.47. The number of rotatable bonds is 3. The predicted octanol–water partition coefficient (Wildman–Crippen LogP) is 5.12. The van der Waals surface area contributed by atoms with Gasteiger partial charge in [-0.3, -0.25) is 4.55 Å². The van der Waals surface area contributed by atoms with Gasteiger partial charge in [0.05, 0.1) is 5.56 Å². The van der Waals surface area contributed by atoms with Gasteiger partial charge < -0.3 is 4.74 Å². The molecular formula is C17H11F2I3O5S. The second kappa shape index (κ2) is 8.55. The van der Waals surface area contributed by atoms with Crippen molar-refractivity contribution in [3.05, 3.63) is 51.2 Å². The van der Waals surface area contributed by atoms with Crippen LogP contribution < -0.4 is 4.74 Å². The van der Waals surface area contributed by atoms with Crippen molar-refractivity contribution in [2.24, 2.45) is 0 Å². The van der Waals surface area contributed by atoms with Gasteiger partial charge in [-0.15, -0.1) is 0 Å². The van der Waals surface area contributed by atoms with Crippen LogP contribution in [0.4, 0.5) is 8.78 Å². The van der Waals surface area contributed by atoms with Crippen molar-refractivity contribution in [1.29, 1.82) is 0 Å². The van der Waals surface area contributed by atoms with E-state index in [0.29, 0.717) is 16.4 Å². The van der Waals surface area contributed by atoms with Crippen molar-refractivity contribution in [1.82, 2.24) is 0 Å². The number of hydrogen-bond acceptors (Lipinski definition) is 4. The molecule has 5 nitrogen and oxygen atoms in total. The molecule has 150 valence electrons. The molecule has 1 aliphatic carbocycles. The Hall–Kier alpha value is -0.130. The first-order valence-corrected chi connectivity index (χ1v) is 12.6. The van der Waals surface area contributed by atoms with E-state index in [4.69, 9.17) is 4.74 Å². The molecule has 0 unspecified atom stereocenters. The number of esters is 1. The largest absolute Gasteiger partial charge is 0.419 e. The summed E-state index contributed by atoms with van der Waals surface area (Å²) in [5, 5.41) is 0. The molecule has 2 aromatic carbocycles. The lowest BCUT2D eigenvalue weighted by atomic mass is 9.90. The number of ether oxygens (including phenoxy) is 1. The number of benzene rings is 2. The van der Waals surface area contributed by atoms with Gasteiger partial charge in [0.1, 0.15) is 4.90 Å². The highest BCUT2D eigenvalue weighted by molar-refractivity contribution is 14.1. The summed E-state index contributed by atoms with van der Waals surface area (Å²) in [5.74, 6) is -4.82. The van der Waals surface area contributed by atoms with Gasteiger partial charge in [0.2, 0.25) is 5.82 Å². The van der Waals surface area contributed by atoms with Crippen LogP contribution in [0.5, 0.6) is 5.75 Å². The van der Waals surface area contributed by atoms with E-state index < -0.39 is 38.4 Å². The molecule has 2 aromatic rings. The van der Waals surface area contributed by atoms with Crippen LogP contribution in [0.1, 0.15) is 34.3 Å². The molecule has 0 saturated heterocycles. The molecule has 0 heterocycles. The fourth-order valence-electron chi connectivity index (χ4n) is 3.10. The molecular weight excluding hydrogens is 735 g/mol. The Bertz CT molecular complexity index is 1100. The molecule has 0 bridgehead atoms. The Kier molecular flexibility index (Phi) is 6.88. The molecule has 28 heavy (non-hydrogen) atoms. The highest BCUT2D eigenvalue weighted by atomic mass is 127. The van der Waals surface area contributed by atoms with Crippen LogP contribution in [0.2, 0.25) is 0 Å². The zero-order valence-electron chi connectivity index (χ0n) is 13.9. The molecule has 0 atom stereocenters. The van der Waals surface area contributed by atoms with Gasteiger partial charge in [0.15, 0.2) is 11.6 Å². The summed E-state index contributed by atoms with van der Waals surface area (Å²) < 4.78 is 69.1. The summed E-state index contributed by atoms with van der Waals surface area (Å²) in [6, 6.07) is 3.42. The highest BCUT2D eigenvalue weighted by Gasteiger charge is 2.34. The SMILES string of the molecule is O=C(Oc1c(F)c(F)c(S(=O)(=O)O)c2c1CCCC2)c1cc(I)cc(I)c1I. The molecule has 0 radical (unpaired) electrons. The van der Waals surface area contributed by atoms with Crippen LogP contribution in [0.3, 0.4) is 0 Å². The Morgan fingerprint density at radius 1 is 1.04 bits per heavy atom. The monoisotopic (exact) mass is 746 g/mol. The van der Waals surface area contributed by atoms with E-state index in [9.17, 15) is 26.5 Å². The van der Waals surface area contributed by atoms with E-state index in [2.05, 4.69) is 22.6 Å². The maximum Gasteiger partial charge on any atom is 0.344 e. The summed E-state index contributed by atoms with van der Waals surface area (Å²) in [4.78, 5) is 11.6. The van der Waals surface area contributed by atoms with Crippen molar-refractivity contribution in [2.75, 3.05) is 0 Å². The smallest absolute Gasteiger partial charge is 0.344 e. The third kappa shape index (κ3) is 4.32. The Morgan fingerprint density at radius 3 is 2.25 bits per heavy atom. The van der Waals surface area contributed by atoms with Crippen LogP contribution in [0, 0.1) is 22.3 Å². The summed E-state index contributed by atoms with van der Waals surface area (Å²) in [7, 11) is -4.97. The first-order chi connectivity index (χ1) is 13.0. The number of carbonyl (C=O) groups is 1. The molecule has 0 aliphatic heterocycles. The number of fused-ring (bicyclic) bond motifs is 1. The van der Waals surface area contributed by atoms with E-state index in [-0.39, 0.29) is 29.5 Å². The average molecular weight is 746 g/mol. The van der Waals surface area contributed by atoms with Crippen LogP contribution in [-0.2, 0) is 23.0 Å². The van der Waals surface area contributed by atoms with Gasteiger partial charge in [-0.05, 0) is 111 Å². The molecule has 11 heteroatoms. The fourth-order valence-corrected chi connectivity index (χ4v) is 6.33. The van der Waals surface area contributed by atoms with Crippen LogP contribution in [0.15, 0.2) is 17.0 Å². The molecule has 0 spiro atoms. The van der Waals surface area contributed by atoms with E-state index in [1.165, 1.54) is 0 Å². The third-order valence-corrected chi connectivity index (χ3v) is 8.88. The van der Waals surface area contributed by atoms with Crippen LogP contribution in [-0.4, -0.2) is 18.9 Å². The topological polar surface area (TPSA) is 80.7 Å². The molecule has 1 aliphatic rings. The standard InChI is InChI=1S/C17H11F2I3O5S/c18-12-13(19)16(28(24,25)26)9-4-2-1-3-8(9)15(12)27-17(23)10-5-7(20)6-11(21)14(10)22/h5-6H,1-4H2,(H,24,25,26). The maximum absolute atomic E-state index is 14.7. The average Bonchev–Trinajstić information content (AvgIpc) is 2.60. The summed E-state index contributed by atoms with van der Waals surface area (Å²) in [6.45, 7) is 0. The molecule has 0 aromatic heterocycles. The van der Waals surface area contributed by atoms with Gasteiger partial charge in [0, 0.05) is 16.3 Å². The second-order valence-corrected chi connectivity index (χ2v) is 10.9. The fraction of sp³-hybridized carbons (Fsp3) is 0.235.